The van der Waals surface area contributed by atoms with Crippen molar-refractivity contribution in [2.75, 3.05) is 17.1 Å². The van der Waals surface area contributed by atoms with Gasteiger partial charge < -0.3 is 10.2 Å². The molecular formula is C31H36Cl2FN3O4S. The van der Waals surface area contributed by atoms with Gasteiger partial charge in [0.15, 0.2) is 0 Å². The lowest BCUT2D eigenvalue weighted by Gasteiger charge is -2.33. The Balaban J connectivity index is 1.91. The minimum atomic E-state index is -3.70. The molecule has 0 radical (unpaired) electrons. The Kier molecular flexibility index (Phi) is 12.2. The number of nitrogens with one attached hydrogen (secondary N) is 1. The molecule has 0 aliphatic rings. The molecule has 0 fully saturated rings. The summed E-state index contributed by atoms with van der Waals surface area (Å²) >= 11 is 12.4. The van der Waals surface area contributed by atoms with Crippen LogP contribution in [0.4, 0.5) is 10.1 Å². The Hall–Kier alpha value is -3.14. The summed E-state index contributed by atoms with van der Waals surface area (Å²) in [6.07, 6.45) is 2.20. The Bertz CT molecular complexity index is 1460. The van der Waals surface area contributed by atoms with E-state index < -0.39 is 21.9 Å². The van der Waals surface area contributed by atoms with Gasteiger partial charge in [0.05, 0.1) is 22.0 Å². The standard InChI is InChI=1S/C31H36Cl2FN3O4S/c1-4-22(2)35-31(39)29(20-23-9-6-5-7-10-23)36(21-24-12-17-27(32)28(33)19-24)30(38)11-8-18-37(42(3,40)41)26-15-13-25(34)14-16-26/h5-7,9-10,12-17,19,22,29H,4,8,11,18,20-21H2,1-3H3,(H,35,39)/t22-,29+/m0/s1. The minimum absolute atomic E-state index is 0.000758. The molecule has 0 bridgehead atoms. The molecule has 0 aromatic heterocycles. The number of sulfonamides is 1. The average Bonchev–Trinajstić information content (AvgIpc) is 2.95. The Morgan fingerprint density at radius 2 is 1.62 bits per heavy atom. The van der Waals surface area contributed by atoms with Crippen LogP contribution in [0.3, 0.4) is 0 Å². The van der Waals surface area contributed by atoms with Crippen LogP contribution in [0.15, 0.2) is 72.8 Å². The van der Waals surface area contributed by atoms with Crippen LogP contribution in [0.1, 0.15) is 44.2 Å². The average molecular weight is 637 g/mol. The van der Waals surface area contributed by atoms with Crippen LogP contribution in [0, 0.1) is 5.82 Å². The number of halogens is 3. The lowest BCUT2D eigenvalue weighted by Crippen LogP contribution is -2.52. The summed E-state index contributed by atoms with van der Waals surface area (Å²) in [7, 11) is -3.70. The highest BCUT2D eigenvalue weighted by molar-refractivity contribution is 7.92. The van der Waals surface area contributed by atoms with E-state index in [1.165, 1.54) is 29.2 Å². The molecule has 3 aromatic rings. The topological polar surface area (TPSA) is 86.8 Å². The van der Waals surface area contributed by atoms with E-state index in [1.807, 2.05) is 44.2 Å². The van der Waals surface area contributed by atoms with Crippen molar-refractivity contribution in [1.82, 2.24) is 10.2 Å². The molecule has 0 unspecified atom stereocenters. The molecule has 3 aromatic carbocycles. The molecule has 0 heterocycles. The second kappa shape index (κ2) is 15.4. The van der Waals surface area contributed by atoms with Crippen LogP contribution in [-0.2, 0) is 32.6 Å². The van der Waals surface area contributed by atoms with Gasteiger partial charge in [-0.1, -0.05) is 66.5 Å². The fraction of sp³-hybridized carbons (Fsp3) is 0.355. The maximum atomic E-state index is 13.9. The van der Waals surface area contributed by atoms with E-state index in [0.717, 1.165) is 22.5 Å². The number of carbonyl (C=O) groups is 2. The van der Waals surface area contributed by atoms with Crippen molar-refractivity contribution in [3.8, 4) is 0 Å². The van der Waals surface area contributed by atoms with E-state index in [-0.39, 0.29) is 50.2 Å². The maximum Gasteiger partial charge on any atom is 0.243 e. The largest absolute Gasteiger partial charge is 0.352 e. The molecule has 0 aliphatic heterocycles. The SMILES string of the molecule is CC[C@H](C)NC(=O)[C@@H](Cc1ccccc1)N(Cc1ccc(Cl)c(Cl)c1)C(=O)CCCN(c1ccc(F)cc1)S(C)(=O)=O. The molecular weight excluding hydrogens is 600 g/mol. The molecule has 0 spiro atoms. The Labute approximate surface area is 257 Å². The first-order valence-corrected chi connectivity index (χ1v) is 16.3. The van der Waals surface area contributed by atoms with Gasteiger partial charge in [0.1, 0.15) is 11.9 Å². The predicted octanol–water partition coefficient (Wildman–Crippen LogP) is 6.23. The van der Waals surface area contributed by atoms with Gasteiger partial charge in [-0.15, -0.1) is 0 Å². The van der Waals surface area contributed by atoms with Crippen molar-refractivity contribution in [2.24, 2.45) is 0 Å². The summed E-state index contributed by atoms with van der Waals surface area (Å²) in [6.45, 7) is 3.95. The highest BCUT2D eigenvalue weighted by atomic mass is 35.5. The molecule has 0 aliphatic carbocycles. The highest BCUT2D eigenvalue weighted by Crippen LogP contribution is 2.25. The van der Waals surface area contributed by atoms with Gasteiger partial charge >= 0.3 is 0 Å². The van der Waals surface area contributed by atoms with Crippen LogP contribution < -0.4 is 9.62 Å². The second-order valence-electron chi connectivity index (χ2n) is 10.2. The molecule has 226 valence electrons. The molecule has 0 saturated heterocycles. The summed E-state index contributed by atoms with van der Waals surface area (Å²) < 4.78 is 39.6. The fourth-order valence-corrected chi connectivity index (χ4v) is 5.73. The third-order valence-corrected chi connectivity index (χ3v) is 8.81. The number of anilines is 1. The minimum Gasteiger partial charge on any atom is -0.352 e. The summed E-state index contributed by atoms with van der Waals surface area (Å²) in [4.78, 5) is 29.0. The number of nitrogens with zero attached hydrogens (tertiary/aromatic N) is 2. The smallest absolute Gasteiger partial charge is 0.243 e. The quantitative estimate of drug-likeness (QED) is 0.227. The molecule has 42 heavy (non-hydrogen) atoms. The van der Waals surface area contributed by atoms with Crippen molar-refractivity contribution in [1.29, 1.82) is 0 Å². The van der Waals surface area contributed by atoms with Crippen molar-refractivity contribution in [2.45, 2.75) is 58.2 Å². The molecule has 1 N–H and O–H groups in total. The van der Waals surface area contributed by atoms with E-state index in [2.05, 4.69) is 5.32 Å². The number of rotatable bonds is 14. The van der Waals surface area contributed by atoms with Crippen LogP contribution >= 0.6 is 23.2 Å². The maximum absolute atomic E-state index is 13.9. The lowest BCUT2D eigenvalue weighted by atomic mass is 10.0. The second-order valence-corrected chi connectivity index (χ2v) is 12.9. The van der Waals surface area contributed by atoms with Gasteiger partial charge in [-0.3, -0.25) is 13.9 Å². The van der Waals surface area contributed by atoms with E-state index in [4.69, 9.17) is 23.2 Å². The molecule has 0 saturated carbocycles. The van der Waals surface area contributed by atoms with Crippen molar-refractivity contribution in [3.63, 3.8) is 0 Å². The van der Waals surface area contributed by atoms with Crippen molar-refractivity contribution < 1.29 is 22.4 Å². The highest BCUT2D eigenvalue weighted by Gasteiger charge is 2.31. The van der Waals surface area contributed by atoms with Gasteiger partial charge in [0, 0.05) is 32.0 Å². The summed E-state index contributed by atoms with van der Waals surface area (Å²) in [6, 6.07) is 18.7. The van der Waals surface area contributed by atoms with Crippen LogP contribution in [0.2, 0.25) is 10.0 Å². The number of carbonyl (C=O) groups excluding carboxylic acids is 2. The zero-order chi connectivity index (χ0) is 30.9. The predicted molar refractivity (Wildman–Crippen MR) is 167 cm³/mol. The molecule has 7 nitrogen and oxygen atoms in total. The van der Waals surface area contributed by atoms with Crippen molar-refractivity contribution in [3.05, 3.63) is 99.8 Å². The molecule has 11 heteroatoms. The summed E-state index contributed by atoms with van der Waals surface area (Å²) in [5, 5.41) is 3.71. The number of benzene rings is 3. The molecule has 2 amide bonds. The van der Waals surface area contributed by atoms with Crippen LogP contribution in [0.5, 0.6) is 0 Å². The first kappa shape index (κ1) is 33.4. The fourth-order valence-electron chi connectivity index (χ4n) is 4.44. The third kappa shape index (κ3) is 9.71. The molecule has 3 rings (SSSR count). The third-order valence-electron chi connectivity index (χ3n) is 6.88. The Morgan fingerprint density at radius 3 is 2.21 bits per heavy atom. The zero-order valence-electron chi connectivity index (χ0n) is 23.9. The first-order valence-electron chi connectivity index (χ1n) is 13.7. The van der Waals surface area contributed by atoms with Crippen LogP contribution in [-0.4, -0.2) is 50.0 Å². The number of hydrogen-bond acceptors (Lipinski definition) is 4. The number of amides is 2. The van der Waals surface area contributed by atoms with Gasteiger partial charge in [-0.2, -0.15) is 0 Å². The molecule has 2 atom stereocenters. The lowest BCUT2D eigenvalue weighted by molar-refractivity contribution is -0.141. The monoisotopic (exact) mass is 635 g/mol. The summed E-state index contributed by atoms with van der Waals surface area (Å²) in [5.74, 6) is -1.10. The Morgan fingerprint density at radius 1 is 0.952 bits per heavy atom. The zero-order valence-corrected chi connectivity index (χ0v) is 26.2. The normalized spacial score (nSPS) is 12.8. The van der Waals surface area contributed by atoms with E-state index >= 15 is 0 Å². The van der Waals surface area contributed by atoms with E-state index in [0.29, 0.717) is 21.3 Å². The van der Waals surface area contributed by atoms with E-state index in [9.17, 15) is 22.4 Å². The van der Waals surface area contributed by atoms with Gasteiger partial charge in [-0.25, -0.2) is 12.8 Å². The van der Waals surface area contributed by atoms with Crippen molar-refractivity contribution >= 4 is 50.7 Å². The van der Waals surface area contributed by atoms with Gasteiger partial charge in [0.2, 0.25) is 21.8 Å². The van der Waals surface area contributed by atoms with E-state index in [1.54, 1.807) is 18.2 Å². The number of hydrogen-bond donors (Lipinski definition) is 1. The first-order chi connectivity index (χ1) is 19.9. The van der Waals surface area contributed by atoms with Gasteiger partial charge in [-0.05, 0) is 67.3 Å². The summed E-state index contributed by atoms with van der Waals surface area (Å²) in [5.41, 5.74) is 1.87. The van der Waals surface area contributed by atoms with Gasteiger partial charge in [0.25, 0.3) is 0 Å². The van der Waals surface area contributed by atoms with Crippen LogP contribution in [0.25, 0.3) is 0 Å².